The molecule has 8 heteroatoms. The van der Waals surface area contributed by atoms with Crippen molar-refractivity contribution in [1.82, 2.24) is 14.9 Å². The molecule has 1 N–H and O–H groups in total. The van der Waals surface area contributed by atoms with Gasteiger partial charge in [-0.3, -0.25) is 4.68 Å². The molecule has 2 rings (SSSR count). The number of hydrogen-bond acceptors (Lipinski definition) is 4. The molecule has 0 fully saturated rings. The maximum absolute atomic E-state index is 12.7. The van der Waals surface area contributed by atoms with E-state index in [9.17, 15) is 13.6 Å². The van der Waals surface area contributed by atoms with Gasteiger partial charge in [0.15, 0.2) is 5.76 Å². The normalized spacial score (nSPS) is 11.1. The Labute approximate surface area is 93.4 Å². The lowest BCUT2D eigenvalue weighted by Crippen LogP contribution is -1.97. The molecule has 0 aliphatic carbocycles. The van der Waals surface area contributed by atoms with Crippen LogP contribution in [0.25, 0.3) is 11.3 Å². The average molecular weight is 243 g/mol. The van der Waals surface area contributed by atoms with Crippen LogP contribution >= 0.6 is 0 Å². The summed E-state index contributed by atoms with van der Waals surface area (Å²) in [7, 11) is 1.45. The highest BCUT2D eigenvalue weighted by Gasteiger charge is 2.25. The molecule has 0 saturated carbocycles. The van der Waals surface area contributed by atoms with Gasteiger partial charge >= 0.3 is 5.97 Å². The molecule has 0 saturated heterocycles. The maximum atomic E-state index is 12.7. The van der Waals surface area contributed by atoms with Gasteiger partial charge in [0.25, 0.3) is 6.43 Å². The van der Waals surface area contributed by atoms with Crippen molar-refractivity contribution >= 4 is 5.97 Å². The Morgan fingerprint density at radius 2 is 2.29 bits per heavy atom. The van der Waals surface area contributed by atoms with Gasteiger partial charge in [0.05, 0.1) is 11.8 Å². The first-order valence-corrected chi connectivity index (χ1v) is 4.50. The van der Waals surface area contributed by atoms with Gasteiger partial charge in [-0.25, -0.2) is 13.6 Å². The third-order valence-corrected chi connectivity index (χ3v) is 2.11. The zero-order chi connectivity index (χ0) is 12.6. The largest absolute Gasteiger partial charge is 0.477 e. The van der Waals surface area contributed by atoms with Gasteiger partial charge in [0.2, 0.25) is 0 Å². The monoisotopic (exact) mass is 243 g/mol. The molecule has 0 bridgehead atoms. The van der Waals surface area contributed by atoms with Crippen LogP contribution in [-0.2, 0) is 7.05 Å². The smallest absolute Gasteiger partial charge is 0.341 e. The number of carboxylic acid groups (broad SMARTS) is 1. The van der Waals surface area contributed by atoms with Gasteiger partial charge in [-0.05, 0) is 0 Å². The highest BCUT2D eigenvalue weighted by molar-refractivity contribution is 5.94. The third-order valence-electron chi connectivity index (χ3n) is 2.11. The summed E-state index contributed by atoms with van der Waals surface area (Å²) in [5.41, 5.74) is -0.885. The second kappa shape index (κ2) is 3.96. The summed E-state index contributed by atoms with van der Waals surface area (Å²) in [4.78, 5) is 10.8. The summed E-state index contributed by atoms with van der Waals surface area (Å²) >= 11 is 0. The molecule has 0 aromatic carbocycles. The zero-order valence-electron chi connectivity index (χ0n) is 8.59. The summed E-state index contributed by atoms with van der Waals surface area (Å²) < 4.78 is 31.2. The van der Waals surface area contributed by atoms with E-state index in [0.717, 1.165) is 10.9 Å². The minimum absolute atomic E-state index is 0.0719. The SMILES string of the molecule is Cn1cc(-c2oncc2C(=O)O)c(C(F)F)n1. The Bertz CT molecular complexity index is 562. The van der Waals surface area contributed by atoms with Crippen LogP contribution in [0.1, 0.15) is 22.5 Å². The molecule has 2 heterocycles. The second-order valence-corrected chi connectivity index (χ2v) is 3.28. The van der Waals surface area contributed by atoms with E-state index in [2.05, 4.69) is 10.3 Å². The molecule has 0 unspecified atom stereocenters. The van der Waals surface area contributed by atoms with E-state index >= 15 is 0 Å². The molecule has 2 aromatic heterocycles. The lowest BCUT2D eigenvalue weighted by atomic mass is 10.1. The Hall–Kier alpha value is -2.25. The van der Waals surface area contributed by atoms with E-state index in [4.69, 9.17) is 9.63 Å². The topological polar surface area (TPSA) is 81.2 Å². The van der Waals surface area contributed by atoms with E-state index < -0.39 is 18.1 Å². The minimum Gasteiger partial charge on any atom is -0.477 e. The van der Waals surface area contributed by atoms with Crippen LogP contribution in [0.5, 0.6) is 0 Å². The van der Waals surface area contributed by atoms with Crippen LogP contribution in [0.3, 0.4) is 0 Å². The number of carboxylic acids is 1. The number of halogens is 2. The van der Waals surface area contributed by atoms with Gasteiger partial charge in [-0.1, -0.05) is 5.16 Å². The molecular formula is C9H7F2N3O3. The standard InChI is InChI=1S/C9H7F2N3O3/c1-14-3-5(6(13-14)8(10)11)7-4(9(15)16)2-12-17-7/h2-3,8H,1H3,(H,15,16). The first-order chi connectivity index (χ1) is 8.00. The maximum Gasteiger partial charge on any atom is 0.341 e. The van der Waals surface area contributed by atoms with Crippen molar-refractivity contribution in [2.45, 2.75) is 6.43 Å². The average Bonchev–Trinajstić information content (AvgIpc) is 2.82. The predicted molar refractivity (Wildman–Crippen MR) is 50.6 cm³/mol. The molecule has 0 spiro atoms. The highest BCUT2D eigenvalue weighted by Crippen LogP contribution is 2.31. The van der Waals surface area contributed by atoms with E-state index in [-0.39, 0.29) is 16.9 Å². The quantitative estimate of drug-likeness (QED) is 0.887. The summed E-state index contributed by atoms with van der Waals surface area (Å²) in [5.74, 6) is -1.52. The van der Waals surface area contributed by atoms with Crippen LogP contribution in [0.4, 0.5) is 8.78 Å². The predicted octanol–water partition coefficient (Wildman–Crippen LogP) is 1.71. The molecule has 6 nitrogen and oxygen atoms in total. The Morgan fingerprint density at radius 1 is 1.59 bits per heavy atom. The molecule has 2 aromatic rings. The fraction of sp³-hybridized carbons (Fsp3) is 0.222. The number of aromatic nitrogens is 3. The number of aryl methyl sites for hydroxylation is 1. The molecule has 0 aliphatic heterocycles. The lowest BCUT2D eigenvalue weighted by Gasteiger charge is -1.97. The fourth-order valence-electron chi connectivity index (χ4n) is 1.43. The Balaban J connectivity index is 2.60. The summed E-state index contributed by atoms with van der Waals surface area (Å²) in [6.45, 7) is 0. The number of nitrogens with zero attached hydrogens (tertiary/aromatic N) is 3. The van der Waals surface area contributed by atoms with Crippen molar-refractivity contribution in [3.63, 3.8) is 0 Å². The molecular weight excluding hydrogens is 236 g/mol. The number of carbonyl (C=O) groups is 1. The van der Waals surface area contributed by atoms with Crippen LogP contribution in [-0.4, -0.2) is 26.0 Å². The first-order valence-electron chi connectivity index (χ1n) is 4.50. The van der Waals surface area contributed by atoms with E-state index in [1.165, 1.54) is 13.2 Å². The second-order valence-electron chi connectivity index (χ2n) is 3.28. The first kappa shape index (κ1) is 11.2. The van der Waals surface area contributed by atoms with E-state index in [1.807, 2.05) is 0 Å². The van der Waals surface area contributed by atoms with Crippen molar-refractivity contribution in [2.75, 3.05) is 0 Å². The van der Waals surface area contributed by atoms with Gasteiger partial charge in [0, 0.05) is 13.2 Å². The fourth-order valence-corrected chi connectivity index (χ4v) is 1.43. The van der Waals surface area contributed by atoms with Crippen molar-refractivity contribution in [1.29, 1.82) is 0 Å². The van der Waals surface area contributed by atoms with Crippen LogP contribution in [0.15, 0.2) is 16.9 Å². The summed E-state index contributed by atoms with van der Waals surface area (Å²) in [5, 5.41) is 15.7. The van der Waals surface area contributed by atoms with Crippen molar-refractivity contribution in [3.8, 4) is 11.3 Å². The van der Waals surface area contributed by atoms with Gasteiger partial charge in [0.1, 0.15) is 11.3 Å². The molecule has 17 heavy (non-hydrogen) atoms. The van der Waals surface area contributed by atoms with Gasteiger partial charge in [-0.15, -0.1) is 0 Å². The number of rotatable bonds is 3. The van der Waals surface area contributed by atoms with Crippen molar-refractivity contribution in [2.24, 2.45) is 7.05 Å². The van der Waals surface area contributed by atoms with Crippen molar-refractivity contribution in [3.05, 3.63) is 23.7 Å². The Morgan fingerprint density at radius 3 is 2.88 bits per heavy atom. The van der Waals surface area contributed by atoms with Crippen LogP contribution in [0.2, 0.25) is 0 Å². The van der Waals surface area contributed by atoms with E-state index in [1.54, 1.807) is 0 Å². The molecule has 0 amide bonds. The summed E-state index contributed by atoms with van der Waals surface area (Å²) in [6.07, 6.45) is -0.605. The van der Waals surface area contributed by atoms with Gasteiger partial charge in [-0.2, -0.15) is 5.10 Å². The zero-order valence-corrected chi connectivity index (χ0v) is 8.59. The molecule has 0 atom stereocenters. The Kier molecular flexibility index (Phi) is 2.62. The number of aromatic carboxylic acids is 1. The number of alkyl halides is 2. The van der Waals surface area contributed by atoms with Crippen molar-refractivity contribution < 1.29 is 23.2 Å². The molecule has 0 aliphatic rings. The summed E-state index contributed by atoms with van der Waals surface area (Å²) in [6, 6.07) is 0. The highest BCUT2D eigenvalue weighted by atomic mass is 19.3. The number of hydrogen-bond donors (Lipinski definition) is 1. The van der Waals surface area contributed by atoms with Crippen LogP contribution in [0, 0.1) is 0 Å². The molecule has 0 radical (unpaired) electrons. The molecule has 90 valence electrons. The van der Waals surface area contributed by atoms with Crippen LogP contribution < -0.4 is 0 Å². The van der Waals surface area contributed by atoms with E-state index in [0.29, 0.717) is 0 Å². The minimum atomic E-state index is -2.82. The lowest BCUT2D eigenvalue weighted by molar-refractivity contribution is 0.0697. The van der Waals surface area contributed by atoms with Gasteiger partial charge < -0.3 is 9.63 Å². The third kappa shape index (κ3) is 1.88.